The van der Waals surface area contributed by atoms with Gasteiger partial charge < -0.3 is 5.11 Å². The van der Waals surface area contributed by atoms with Gasteiger partial charge in [0.05, 0.1) is 22.1 Å². The number of pyridine rings is 1. The van der Waals surface area contributed by atoms with Crippen LogP contribution < -0.4 is 0 Å². The van der Waals surface area contributed by atoms with Crippen molar-refractivity contribution in [3.05, 3.63) is 23.7 Å². The van der Waals surface area contributed by atoms with Crippen LogP contribution in [0.5, 0.6) is 0 Å². The van der Waals surface area contributed by atoms with Crippen LogP contribution in [0.1, 0.15) is 0 Å². The summed E-state index contributed by atoms with van der Waals surface area (Å²) in [4.78, 5) is 14.8. The summed E-state index contributed by atoms with van der Waals surface area (Å²) in [6.45, 7) is -1.63. The fourth-order valence-electron chi connectivity index (χ4n) is 2.66. The molecule has 2 aromatic rings. The third-order valence-electron chi connectivity index (χ3n) is 3.94. The van der Waals surface area contributed by atoms with Crippen molar-refractivity contribution < 1.29 is 31.5 Å². The summed E-state index contributed by atoms with van der Waals surface area (Å²) in [5, 5.41) is 10.7. The maximum absolute atomic E-state index is 13.0. The van der Waals surface area contributed by atoms with Crippen LogP contribution in [0.2, 0.25) is 0 Å². The number of alkyl halides is 3. The van der Waals surface area contributed by atoms with Crippen LogP contribution in [0.15, 0.2) is 28.6 Å². The minimum atomic E-state index is -4.79. The van der Waals surface area contributed by atoms with Gasteiger partial charge in [-0.15, -0.1) is 11.3 Å². The Morgan fingerprint density at radius 3 is 2.67 bits per heavy atom. The molecular formula is C13H11F3N2O4S2. The van der Waals surface area contributed by atoms with E-state index < -0.39 is 47.1 Å². The number of carbonyl (C=O) groups is 1. The van der Waals surface area contributed by atoms with Crippen molar-refractivity contribution in [2.45, 2.75) is 11.1 Å². The van der Waals surface area contributed by atoms with Gasteiger partial charge in [-0.05, 0) is 17.5 Å². The monoisotopic (exact) mass is 380 g/mol. The molecule has 1 N–H and O–H groups in total. The van der Waals surface area contributed by atoms with Gasteiger partial charge in [-0.1, -0.05) is 0 Å². The molecule has 0 bridgehead atoms. The lowest BCUT2D eigenvalue weighted by molar-refractivity contribution is -0.187. The number of carboxylic acid groups (broad SMARTS) is 1. The topological polar surface area (TPSA) is 87.6 Å². The first-order valence-electron chi connectivity index (χ1n) is 6.73. The highest BCUT2D eigenvalue weighted by atomic mass is 32.2. The Morgan fingerprint density at radius 2 is 2.08 bits per heavy atom. The van der Waals surface area contributed by atoms with Crippen molar-refractivity contribution >= 4 is 37.5 Å². The molecule has 0 amide bonds. The molecule has 0 unspecified atom stereocenters. The Hall–Kier alpha value is -1.72. The second-order valence-electron chi connectivity index (χ2n) is 5.39. The third kappa shape index (κ3) is 2.87. The van der Waals surface area contributed by atoms with Gasteiger partial charge in [-0.25, -0.2) is 8.42 Å². The van der Waals surface area contributed by atoms with E-state index in [1.165, 1.54) is 17.4 Å². The third-order valence-corrected chi connectivity index (χ3v) is 6.59. The van der Waals surface area contributed by atoms with Crippen LogP contribution in [-0.2, 0) is 14.8 Å². The zero-order valence-corrected chi connectivity index (χ0v) is 13.5. The van der Waals surface area contributed by atoms with Gasteiger partial charge in [0.25, 0.3) is 0 Å². The molecular weight excluding hydrogens is 369 g/mol. The number of carboxylic acids is 1. The van der Waals surface area contributed by atoms with Crippen LogP contribution >= 0.6 is 11.3 Å². The minimum Gasteiger partial charge on any atom is -0.481 e. The first kappa shape index (κ1) is 17.1. The number of hydrogen-bond donors (Lipinski definition) is 1. The molecule has 24 heavy (non-hydrogen) atoms. The summed E-state index contributed by atoms with van der Waals surface area (Å²) in [5.41, 5.74) is 0.581. The predicted molar refractivity (Wildman–Crippen MR) is 79.0 cm³/mol. The molecule has 3 rings (SSSR count). The molecule has 2 aromatic heterocycles. The lowest BCUT2D eigenvalue weighted by atomic mass is 9.96. The molecule has 0 aromatic carbocycles. The number of hydrogen-bond acceptors (Lipinski definition) is 5. The van der Waals surface area contributed by atoms with Gasteiger partial charge in [0.15, 0.2) is 0 Å². The van der Waals surface area contributed by atoms with E-state index in [2.05, 4.69) is 4.98 Å². The summed E-state index contributed by atoms with van der Waals surface area (Å²) >= 11 is 1.25. The second-order valence-corrected chi connectivity index (χ2v) is 8.28. The molecule has 2 atom stereocenters. The van der Waals surface area contributed by atoms with Crippen molar-refractivity contribution in [2.75, 3.05) is 13.1 Å². The number of nitrogens with zero attached hydrogens (tertiary/aromatic N) is 2. The first-order valence-corrected chi connectivity index (χ1v) is 9.05. The van der Waals surface area contributed by atoms with E-state index in [9.17, 15) is 26.4 Å². The standard InChI is InChI=1S/C13H11F3N2O4S2/c14-13(15,16)9-6-18(5-8(9)12(19)20)24(21,22)7-3-11-10(17-4-7)1-2-23-11/h1-4,8-9H,5-6H2,(H,19,20)/t8-,9-/m1/s1. The Morgan fingerprint density at radius 1 is 1.38 bits per heavy atom. The highest BCUT2D eigenvalue weighted by molar-refractivity contribution is 7.89. The van der Waals surface area contributed by atoms with Crippen LogP contribution in [0.3, 0.4) is 0 Å². The summed E-state index contributed by atoms with van der Waals surface area (Å²) in [5.74, 6) is -5.72. The number of aromatic nitrogens is 1. The molecule has 0 aliphatic carbocycles. The summed E-state index contributed by atoms with van der Waals surface area (Å²) in [6, 6.07) is 3.02. The summed E-state index contributed by atoms with van der Waals surface area (Å²) in [7, 11) is -4.25. The molecule has 130 valence electrons. The molecule has 11 heteroatoms. The molecule has 0 radical (unpaired) electrons. The van der Waals surface area contributed by atoms with Gasteiger partial charge in [0.1, 0.15) is 4.90 Å². The maximum Gasteiger partial charge on any atom is 0.393 e. The van der Waals surface area contributed by atoms with Gasteiger partial charge in [0, 0.05) is 19.3 Å². The maximum atomic E-state index is 13.0. The lowest BCUT2D eigenvalue weighted by Crippen LogP contribution is -2.34. The fourth-order valence-corrected chi connectivity index (χ4v) is 4.98. The number of thiophene rings is 1. The van der Waals surface area contributed by atoms with Crippen LogP contribution in [0, 0.1) is 11.8 Å². The number of rotatable bonds is 3. The van der Waals surface area contributed by atoms with E-state index in [4.69, 9.17) is 5.11 Å². The highest BCUT2D eigenvalue weighted by Gasteiger charge is 2.55. The van der Waals surface area contributed by atoms with Gasteiger partial charge >= 0.3 is 12.1 Å². The van der Waals surface area contributed by atoms with Crippen molar-refractivity contribution in [3.63, 3.8) is 0 Å². The predicted octanol–water partition coefficient (Wildman–Crippen LogP) is 2.18. The number of halogens is 3. The van der Waals surface area contributed by atoms with E-state index in [1.54, 1.807) is 11.4 Å². The average Bonchev–Trinajstić information content (AvgIpc) is 3.13. The van der Waals surface area contributed by atoms with E-state index in [-0.39, 0.29) is 4.90 Å². The molecule has 0 saturated carbocycles. The van der Waals surface area contributed by atoms with Crippen molar-refractivity contribution in [2.24, 2.45) is 11.8 Å². The van der Waals surface area contributed by atoms with E-state index in [1.807, 2.05) is 0 Å². The van der Waals surface area contributed by atoms with E-state index >= 15 is 0 Å². The Labute approximate surface area is 138 Å². The van der Waals surface area contributed by atoms with Gasteiger partial charge in [-0.2, -0.15) is 17.5 Å². The lowest BCUT2D eigenvalue weighted by Gasteiger charge is -2.18. The van der Waals surface area contributed by atoms with Crippen molar-refractivity contribution in [1.82, 2.24) is 9.29 Å². The van der Waals surface area contributed by atoms with Crippen LogP contribution in [0.25, 0.3) is 10.2 Å². The quantitative estimate of drug-likeness (QED) is 0.882. The zero-order valence-electron chi connectivity index (χ0n) is 11.9. The summed E-state index contributed by atoms with van der Waals surface area (Å²) in [6.07, 6.45) is -3.72. The van der Waals surface area contributed by atoms with E-state index in [0.717, 1.165) is 6.20 Å². The Balaban J connectivity index is 1.96. The highest BCUT2D eigenvalue weighted by Crippen LogP contribution is 2.39. The molecule has 1 aliphatic heterocycles. The molecule has 0 spiro atoms. The molecule has 3 heterocycles. The Kier molecular flexibility index (Phi) is 4.04. The molecule has 1 saturated heterocycles. The average molecular weight is 380 g/mol. The first-order chi connectivity index (χ1) is 11.1. The largest absolute Gasteiger partial charge is 0.481 e. The van der Waals surface area contributed by atoms with Gasteiger partial charge in [0.2, 0.25) is 10.0 Å². The van der Waals surface area contributed by atoms with Gasteiger partial charge in [-0.3, -0.25) is 9.78 Å². The normalized spacial score (nSPS) is 23.0. The summed E-state index contributed by atoms with van der Waals surface area (Å²) < 4.78 is 65.3. The minimum absolute atomic E-state index is 0.246. The molecule has 1 aliphatic rings. The Bertz CT molecular complexity index is 894. The fraction of sp³-hybridized carbons (Fsp3) is 0.385. The van der Waals surface area contributed by atoms with Crippen molar-refractivity contribution in [3.8, 4) is 0 Å². The smallest absolute Gasteiger partial charge is 0.393 e. The number of sulfonamides is 1. The zero-order chi connectivity index (χ0) is 17.7. The number of fused-ring (bicyclic) bond motifs is 1. The van der Waals surface area contributed by atoms with Crippen LogP contribution in [-0.4, -0.2) is 48.0 Å². The number of aliphatic carboxylic acids is 1. The SMILES string of the molecule is O=C(O)[C@@H]1CN(S(=O)(=O)c2cnc3ccsc3c2)C[C@H]1C(F)(F)F. The van der Waals surface area contributed by atoms with E-state index in [0.29, 0.717) is 14.5 Å². The molecule has 1 fully saturated rings. The van der Waals surface area contributed by atoms with Crippen molar-refractivity contribution in [1.29, 1.82) is 0 Å². The van der Waals surface area contributed by atoms with Crippen LogP contribution in [0.4, 0.5) is 13.2 Å². The second kappa shape index (κ2) is 5.67. The molecule has 6 nitrogen and oxygen atoms in total.